The van der Waals surface area contributed by atoms with Crippen molar-refractivity contribution in [2.24, 2.45) is 0 Å². The number of hydrogen-bond donors (Lipinski definition) is 3. The lowest BCUT2D eigenvalue weighted by molar-refractivity contribution is 0.0691. The number of H-pyrrole nitrogens is 1. The number of carboxylic acids is 1. The van der Waals surface area contributed by atoms with Crippen LogP contribution in [0.5, 0.6) is 0 Å². The molecule has 0 aliphatic heterocycles. The molecular formula is C12H11N3O4S. The lowest BCUT2D eigenvalue weighted by atomic mass is 10.2. The van der Waals surface area contributed by atoms with Crippen molar-refractivity contribution in [2.75, 3.05) is 0 Å². The smallest absolute Gasteiger partial charge is 0.355 e. The molecule has 1 amide bonds. The first kappa shape index (κ1) is 13.9. The van der Waals surface area contributed by atoms with Gasteiger partial charge in [0.15, 0.2) is 5.69 Å². The van der Waals surface area contributed by atoms with Crippen LogP contribution in [0, 0.1) is 0 Å². The fourth-order valence-corrected chi connectivity index (χ4v) is 2.28. The summed E-state index contributed by atoms with van der Waals surface area (Å²) in [5.74, 6) is -1.48. The zero-order valence-corrected chi connectivity index (χ0v) is 11.2. The summed E-state index contributed by atoms with van der Waals surface area (Å²) in [5, 5.41) is 13.4. The van der Waals surface area contributed by atoms with Gasteiger partial charge in [0, 0.05) is 17.6 Å². The Kier molecular flexibility index (Phi) is 3.94. The highest BCUT2D eigenvalue weighted by Gasteiger charge is 2.16. The second kappa shape index (κ2) is 5.66. The summed E-state index contributed by atoms with van der Waals surface area (Å²) in [4.78, 5) is 39.9. The van der Waals surface area contributed by atoms with Crippen LogP contribution in [-0.2, 0) is 0 Å². The molecule has 0 saturated heterocycles. The summed E-state index contributed by atoms with van der Waals surface area (Å²) in [6.45, 7) is 1.70. The van der Waals surface area contributed by atoms with E-state index in [1.165, 1.54) is 23.7 Å². The zero-order valence-electron chi connectivity index (χ0n) is 10.4. The van der Waals surface area contributed by atoms with E-state index in [1.807, 2.05) is 0 Å². The van der Waals surface area contributed by atoms with Crippen molar-refractivity contribution in [1.82, 2.24) is 15.3 Å². The van der Waals surface area contributed by atoms with Gasteiger partial charge in [-0.15, -0.1) is 11.3 Å². The molecule has 0 saturated carbocycles. The quantitative estimate of drug-likeness (QED) is 0.779. The molecule has 0 spiro atoms. The Morgan fingerprint density at radius 3 is 2.75 bits per heavy atom. The molecule has 1 unspecified atom stereocenters. The van der Waals surface area contributed by atoms with Crippen LogP contribution in [0.1, 0.15) is 38.8 Å². The molecule has 2 rings (SSSR count). The summed E-state index contributed by atoms with van der Waals surface area (Å²) < 4.78 is 0. The minimum atomic E-state index is -1.10. The van der Waals surface area contributed by atoms with E-state index in [0.717, 1.165) is 11.3 Å². The number of thiazole rings is 1. The minimum absolute atomic E-state index is 0.0462. The Labute approximate surface area is 117 Å². The van der Waals surface area contributed by atoms with E-state index in [4.69, 9.17) is 5.11 Å². The number of pyridine rings is 1. The highest BCUT2D eigenvalue weighted by Crippen LogP contribution is 2.18. The van der Waals surface area contributed by atoms with E-state index in [-0.39, 0.29) is 17.2 Å². The van der Waals surface area contributed by atoms with Gasteiger partial charge in [0.25, 0.3) is 5.91 Å². The van der Waals surface area contributed by atoms with Crippen LogP contribution in [0.2, 0.25) is 0 Å². The van der Waals surface area contributed by atoms with Gasteiger partial charge in [0.05, 0.1) is 11.6 Å². The molecule has 0 aliphatic carbocycles. The average Bonchev–Trinajstić information content (AvgIpc) is 2.89. The first-order valence-corrected chi connectivity index (χ1v) is 6.53. The van der Waals surface area contributed by atoms with Gasteiger partial charge in [0.2, 0.25) is 5.56 Å². The highest BCUT2D eigenvalue weighted by atomic mass is 32.1. The molecule has 3 N–H and O–H groups in total. The number of carbonyl (C=O) groups excluding carboxylic acids is 1. The molecule has 0 radical (unpaired) electrons. The third-order valence-corrected chi connectivity index (χ3v) is 3.53. The summed E-state index contributed by atoms with van der Waals surface area (Å²) >= 11 is 1.16. The van der Waals surface area contributed by atoms with Crippen LogP contribution in [0.4, 0.5) is 0 Å². The number of nitrogens with zero attached hydrogens (tertiary/aromatic N) is 1. The Bertz CT molecular complexity index is 686. The van der Waals surface area contributed by atoms with Crippen molar-refractivity contribution in [2.45, 2.75) is 13.0 Å². The van der Waals surface area contributed by atoms with E-state index in [2.05, 4.69) is 15.3 Å². The number of carbonyl (C=O) groups is 2. The number of aromatic amines is 1. The van der Waals surface area contributed by atoms with Crippen molar-refractivity contribution in [3.05, 3.63) is 50.3 Å². The predicted molar refractivity (Wildman–Crippen MR) is 72.0 cm³/mol. The molecule has 7 nitrogen and oxygen atoms in total. The van der Waals surface area contributed by atoms with Gasteiger partial charge in [-0.05, 0) is 13.0 Å². The maximum Gasteiger partial charge on any atom is 0.355 e. The standard InChI is InChI=1S/C12H11N3O4S/c1-6(11-15-8(5-20-11)12(18)19)14-10(17)7-2-3-9(16)13-4-7/h2-6H,1H3,(H,13,16)(H,14,17)(H,18,19). The molecule has 0 aliphatic rings. The lowest BCUT2D eigenvalue weighted by Gasteiger charge is -2.10. The fourth-order valence-electron chi connectivity index (χ4n) is 1.48. The number of carboxylic acid groups (broad SMARTS) is 1. The number of amides is 1. The first-order valence-electron chi connectivity index (χ1n) is 5.65. The molecular weight excluding hydrogens is 282 g/mol. The van der Waals surface area contributed by atoms with Crippen LogP contribution in [0.3, 0.4) is 0 Å². The molecule has 20 heavy (non-hydrogen) atoms. The van der Waals surface area contributed by atoms with Gasteiger partial charge in [0.1, 0.15) is 5.01 Å². The third-order valence-electron chi connectivity index (χ3n) is 2.51. The molecule has 104 valence electrons. The SMILES string of the molecule is CC(NC(=O)c1ccc(=O)[nH]c1)c1nc(C(=O)O)cs1. The van der Waals surface area contributed by atoms with Crippen molar-refractivity contribution in [3.63, 3.8) is 0 Å². The van der Waals surface area contributed by atoms with E-state index >= 15 is 0 Å². The monoisotopic (exact) mass is 293 g/mol. The molecule has 1 atom stereocenters. The Morgan fingerprint density at radius 2 is 2.20 bits per heavy atom. The highest BCUT2D eigenvalue weighted by molar-refractivity contribution is 7.09. The fraction of sp³-hybridized carbons (Fsp3) is 0.167. The van der Waals surface area contributed by atoms with Gasteiger partial charge in [-0.2, -0.15) is 0 Å². The molecule has 8 heteroatoms. The molecule has 2 heterocycles. The number of nitrogens with one attached hydrogen (secondary N) is 2. The molecule has 0 aromatic carbocycles. The van der Waals surface area contributed by atoms with Gasteiger partial charge in [-0.25, -0.2) is 9.78 Å². The average molecular weight is 293 g/mol. The van der Waals surface area contributed by atoms with Crippen LogP contribution in [0.25, 0.3) is 0 Å². The van der Waals surface area contributed by atoms with Crippen molar-refractivity contribution < 1.29 is 14.7 Å². The first-order chi connectivity index (χ1) is 9.47. The Balaban J connectivity index is 2.08. The van der Waals surface area contributed by atoms with Crippen molar-refractivity contribution in [3.8, 4) is 0 Å². The molecule has 0 fully saturated rings. The number of hydrogen-bond acceptors (Lipinski definition) is 5. The van der Waals surface area contributed by atoms with Gasteiger partial charge in [-0.3, -0.25) is 9.59 Å². The Hall–Kier alpha value is -2.48. The van der Waals surface area contributed by atoms with Crippen LogP contribution in [-0.4, -0.2) is 27.0 Å². The number of aromatic carboxylic acids is 1. The minimum Gasteiger partial charge on any atom is -0.476 e. The summed E-state index contributed by atoms with van der Waals surface area (Å²) in [7, 11) is 0. The topological polar surface area (TPSA) is 112 Å². The van der Waals surface area contributed by atoms with E-state index in [0.29, 0.717) is 10.6 Å². The second-order valence-electron chi connectivity index (χ2n) is 4.01. The molecule has 2 aromatic heterocycles. The molecule has 2 aromatic rings. The van der Waals surface area contributed by atoms with Gasteiger partial charge in [-0.1, -0.05) is 0 Å². The van der Waals surface area contributed by atoms with Crippen molar-refractivity contribution >= 4 is 23.2 Å². The number of rotatable bonds is 4. The third kappa shape index (κ3) is 3.09. The predicted octanol–water partition coefficient (Wildman–Crippen LogP) is 1.02. The number of aromatic nitrogens is 2. The van der Waals surface area contributed by atoms with Gasteiger partial charge < -0.3 is 15.4 Å². The summed E-state index contributed by atoms with van der Waals surface area (Å²) in [6.07, 6.45) is 1.31. The maximum atomic E-state index is 11.9. The lowest BCUT2D eigenvalue weighted by Crippen LogP contribution is -2.27. The maximum absolute atomic E-state index is 11.9. The van der Waals surface area contributed by atoms with Crippen molar-refractivity contribution in [1.29, 1.82) is 0 Å². The zero-order chi connectivity index (χ0) is 14.7. The normalized spacial score (nSPS) is 11.8. The molecule has 0 bridgehead atoms. The van der Waals surface area contributed by atoms with Crippen LogP contribution in [0.15, 0.2) is 28.5 Å². The largest absolute Gasteiger partial charge is 0.476 e. The van der Waals surface area contributed by atoms with E-state index in [9.17, 15) is 14.4 Å². The summed E-state index contributed by atoms with van der Waals surface area (Å²) in [5.41, 5.74) is -0.0257. The van der Waals surface area contributed by atoms with Crippen LogP contribution >= 0.6 is 11.3 Å². The Morgan fingerprint density at radius 1 is 1.45 bits per heavy atom. The van der Waals surface area contributed by atoms with E-state index < -0.39 is 12.0 Å². The summed E-state index contributed by atoms with van der Waals surface area (Å²) in [6, 6.07) is 2.24. The van der Waals surface area contributed by atoms with Crippen LogP contribution < -0.4 is 10.9 Å². The van der Waals surface area contributed by atoms with Gasteiger partial charge >= 0.3 is 5.97 Å². The second-order valence-corrected chi connectivity index (χ2v) is 4.90. The van der Waals surface area contributed by atoms with E-state index in [1.54, 1.807) is 6.92 Å².